The number of nitrogens with two attached hydrogens (primary N) is 1. The Morgan fingerprint density at radius 1 is 1.08 bits per heavy atom. The van der Waals surface area contributed by atoms with Gasteiger partial charge < -0.3 is 25.0 Å². The number of amides is 1. The molecule has 2 heterocycles. The Balaban J connectivity index is 1.19. The van der Waals surface area contributed by atoms with E-state index in [2.05, 4.69) is 9.97 Å². The largest absolute Gasteiger partial charge is 0.474 e. The zero-order valence-corrected chi connectivity index (χ0v) is 20.6. The number of benzene rings is 2. The molecule has 2 aromatic carbocycles. The fourth-order valence-electron chi connectivity index (χ4n) is 4.85. The molecule has 1 aromatic heterocycles. The molecule has 1 amide bonds. The van der Waals surface area contributed by atoms with Crippen LogP contribution in [0.1, 0.15) is 12.8 Å². The zero-order chi connectivity index (χ0) is 25.1. The van der Waals surface area contributed by atoms with Crippen molar-refractivity contribution in [2.45, 2.75) is 18.9 Å². The van der Waals surface area contributed by atoms with E-state index < -0.39 is 0 Å². The van der Waals surface area contributed by atoms with Crippen LogP contribution in [0.5, 0.6) is 17.4 Å². The van der Waals surface area contributed by atoms with E-state index in [4.69, 9.17) is 15.2 Å². The number of rotatable bonds is 8. The predicted molar refractivity (Wildman–Crippen MR) is 139 cm³/mol. The van der Waals surface area contributed by atoms with Crippen molar-refractivity contribution in [2.75, 3.05) is 39.5 Å². The normalized spacial score (nSPS) is 16.7. The molecule has 8 heteroatoms. The summed E-state index contributed by atoms with van der Waals surface area (Å²) < 4.78 is 12.2. The average molecular weight is 486 g/mol. The molecule has 36 heavy (non-hydrogen) atoms. The van der Waals surface area contributed by atoms with Crippen molar-refractivity contribution < 1.29 is 14.3 Å². The Labute approximate surface area is 211 Å². The number of likely N-dealkylation sites (N-methyl/N-ethyl adjacent to an activating group) is 1. The molecule has 2 fully saturated rings. The summed E-state index contributed by atoms with van der Waals surface area (Å²) in [4.78, 5) is 24.8. The Kier molecular flexibility index (Phi) is 6.61. The lowest BCUT2D eigenvalue weighted by atomic mass is 9.61. The second kappa shape index (κ2) is 9.99. The number of likely N-dealkylation sites (tertiary alicyclic amines) is 1. The van der Waals surface area contributed by atoms with Crippen LogP contribution in [0.4, 0.5) is 5.82 Å². The average Bonchev–Trinajstić information content (AvgIpc) is 2.81. The van der Waals surface area contributed by atoms with E-state index in [0.29, 0.717) is 17.3 Å². The van der Waals surface area contributed by atoms with Crippen LogP contribution in [-0.2, 0) is 4.79 Å². The molecule has 1 saturated heterocycles. The fourth-order valence-corrected chi connectivity index (χ4v) is 4.85. The highest BCUT2D eigenvalue weighted by Crippen LogP contribution is 2.50. The number of para-hydroxylation sites is 1. The highest BCUT2D eigenvalue weighted by molar-refractivity contribution is 5.88. The van der Waals surface area contributed by atoms with E-state index >= 15 is 0 Å². The number of ether oxygens (including phenoxy) is 2. The van der Waals surface area contributed by atoms with E-state index in [1.165, 1.54) is 6.33 Å². The Morgan fingerprint density at radius 3 is 2.47 bits per heavy atom. The van der Waals surface area contributed by atoms with Crippen LogP contribution in [0.3, 0.4) is 0 Å². The van der Waals surface area contributed by atoms with Crippen LogP contribution in [0, 0.1) is 5.41 Å². The third-order valence-corrected chi connectivity index (χ3v) is 6.66. The summed E-state index contributed by atoms with van der Waals surface area (Å²) in [6, 6.07) is 17.3. The maximum atomic E-state index is 12.3. The van der Waals surface area contributed by atoms with E-state index in [1.807, 2.05) is 84.6 Å². The maximum absolute atomic E-state index is 12.3. The highest BCUT2D eigenvalue weighted by atomic mass is 16.5. The first-order valence-corrected chi connectivity index (χ1v) is 12.1. The number of aromatic nitrogens is 2. The van der Waals surface area contributed by atoms with Gasteiger partial charge in [0.1, 0.15) is 29.7 Å². The fraction of sp³-hybridized carbons (Fsp3) is 0.321. The van der Waals surface area contributed by atoms with Gasteiger partial charge in [0.2, 0.25) is 11.8 Å². The minimum absolute atomic E-state index is 0.0419. The molecule has 0 unspecified atom stereocenters. The predicted octanol–water partition coefficient (Wildman–Crippen LogP) is 4.01. The first kappa shape index (κ1) is 23.8. The van der Waals surface area contributed by atoms with Crippen molar-refractivity contribution in [1.82, 2.24) is 19.8 Å². The smallest absolute Gasteiger partial charge is 0.246 e. The van der Waals surface area contributed by atoms with Crippen molar-refractivity contribution in [2.24, 2.45) is 5.41 Å². The summed E-state index contributed by atoms with van der Waals surface area (Å²) in [7, 11) is 3.96. The summed E-state index contributed by atoms with van der Waals surface area (Å²) >= 11 is 0. The lowest BCUT2D eigenvalue weighted by molar-refractivity contribution is -0.155. The molecular weight excluding hydrogens is 454 g/mol. The van der Waals surface area contributed by atoms with Crippen LogP contribution in [0.2, 0.25) is 0 Å². The van der Waals surface area contributed by atoms with E-state index in [9.17, 15) is 4.79 Å². The number of nitrogen functional groups attached to an aromatic ring is 1. The van der Waals surface area contributed by atoms with Crippen molar-refractivity contribution in [1.29, 1.82) is 0 Å². The quantitative estimate of drug-likeness (QED) is 0.482. The highest BCUT2D eigenvalue weighted by Gasteiger charge is 2.54. The number of hydrogen-bond donors (Lipinski definition) is 1. The third-order valence-electron chi connectivity index (χ3n) is 6.66. The van der Waals surface area contributed by atoms with Gasteiger partial charge in [-0.05, 0) is 56.8 Å². The van der Waals surface area contributed by atoms with Crippen LogP contribution in [0.25, 0.3) is 11.1 Å². The number of hydrogen-bond acceptors (Lipinski definition) is 7. The molecule has 0 radical (unpaired) electrons. The summed E-state index contributed by atoms with van der Waals surface area (Å²) in [5.74, 6) is 2.44. The number of nitrogens with zero attached hydrogens (tertiary/aromatic N) is 4. The van der Waals surface area contributed by atoms with Crippen molar-refractivity contribution in [3.63, 3.8) is 0 Å². The van der Waals surface area contributed by atoms with Gasteiger partial charge in [0, 0.05) is 31.1 Å². The third kappa shape index (κ3) is 5.18. The lowest BCUT2D eigenvalue weighted by Crippen LogP contribution is -2.65. The van der Waals surface area contributed by atoms with Gasteiger partial charge in [-0.1, -0.05) is 36.4 Å². The minimum atomic E-state index is 0.0419. The maximum Gasteiger partial charge on any atom is 0.246 e. The molecular formula is C28H31N5O3. The van der Waals surface area contributed by atoms with Gasteiger partial charge >= 0.3 is 0 Å². The SMILES string of the molecule is CN(C)C/C=C/C(=O)N1CC2(CC(Oc3ncnc(N)c3-c3ccc(Oc4ccccc4)cc3)C2)C1. The van der Waals surface area contributed by atoms with Gasteiger partial charge in [-0.15, -0.1) is 0 Å². The number of anilines is 1. The minimum Gasteiger partial charge on any atom is -0.474 e. The summed E-state index contributed by atoms with van der Waals surface area (Å²) in [5.41, 5.74) is 7.94. The topological polar surface area (TPSA) is 93.8 Å². The summed E-state index contributed by atoms with van der Waals surface area (Å²) in [6.07, 6.45) is 6.84. The molecule has 1 spiro atoms. The van der Waals surface area contributed by atoms with Crippen LogP contribution in [0.15, 0.2) is 73.1 Å². The van der Waals surface area contributed by atoms with E-state index in [0.717, 1.165) is 49.5 Å². The molecule has 8 nitrogen and oxygen atoms in total. The second-order valence-electron chi connectivity index (χ2n) is 9.89. The molecule has 0 bridgehead atoms. The first-order valence-electron chi connectivity index (χ1n) is 12.1. The number of carbonyl (C=O) groups is 1. The molecule has 3 aromatic rings. The number of carbonyl (C=O) groups excluding carboxylic acids is 1. The van der Waals surface area contributed by atoms with Crippen LogP contribution >= 0.6 is 0 Å². The Hall–Kier alpha value is -3.91. The molecule has 2 aliphatic rings. The van der Waals surface area contributed by atoms with Crippen molar-refractivity contribution in [3.05, 3.63) is 73.1 Å². The zero-order valence-electron chi connectivity index (χ0n) is 20.6. The molecule has 2 N–H and O–H groups in total. The van der Waals surface area contributed by atoms with E-state index in [1.54, 1.807) is 6.08 Å². The van der Waals surface area contributed by atoms with Crippen LogP contribution in [-0.4, -0.2) is 65.5 Å². The lowest BCUT2D eigenvalue weighted by Gasteiger charge is -2.58. The van der Waals surface area contributed by atoms with Gasteiger partial charge in [-0.3, -0.25) is 4.79 Å². The van der Waals surface area contributed by atoms with E-state index in [-0.39, 0.29) is 17.4 Å². The standard InChI is InChI=1S/C28H31N5O3/c1-32(2)14-6-9-24(34)33-17-28(18-33)15-23(16-28)36-27-25(26(29)30-19-31-27)20-10-12-22(13-11-20)35-21-7-4-3-5-8-21/h3-13,19,23H,14-18H2,1-2H3,(H2,29,30,31)/b9-6+. The van der Waals surface area contributed by atoms with Gasteiger partial charge in [-0.25, -0.2) is 9.97 Å². The Morgan fingerprint density at radius 2 is 1.78 bits per heavy atom. The molecule has 0 atom stereocenters. The summed E-state index contributed by atoms with van der Waals surface area (Å²) in [6.45, 7) is 2.31. The monoisotopic (exact) mass is 485 g/mol. The van der Waals surface area contributed by atoms with Crippen LogP contribution < -0.4 is 15.2 Å². The second-order valence-corrected chi connectivity index (χ2v) is 9.89. The van der Waals surface area contributed by atoms with Gasteiger partial charge in [0.05, 0.1) is 5.56 Å². The molecule has 1 aliphatic heterocycles. The molecule has 1 saturated carbocycles. The van der Waals surface area contributed by atoms with Gasteiger partial charge in [-0.2, -0.15) is 0 Å². The Bertz CT molecular complexity index is 1230. The molecule has 1 aliphatic carbocycles. The van der Waals surface area contributed by atoms with Gasteiger partial charge in [0.15, 0.2) is 0 Å². The van der Waals surface area contributed by atoms with Gasteiger partial charge in [0.25, 0.3) is 0 Å². The molecule has 5 rings (SSSR count). The molecule has 186 valence electrons. The van der Waals surface area contributed by atoms with Crippen molar-refractivity contribution in [3.8, 4) is 28.5 Å². The van der Waals surface area contributed by atoms with Crippen molar-refractivity contribution >= 4 is 11.7 Å². The first-order chi connectivity index (χ1) is 17.4. The summed E-state index contributed by atoms with van der Waals surface area (Å²) in [5, 5.41) is 0.